The highest BCUT2D eigenvalue weighted by Gasteiger charge is 2.27. The molecule has 8 heteroatoms. The van der Waals surface area contributed by atoms with Gasteiger partial charge in [0.1, 0.15) is 12.3 Å². The van der Waals surface area contributed by atoms with Crippen LogP contribution in [-0.4, -0.2) is 28.0 Å². The third-order valence-corrected chi connectivity index (χ3v) is 6.96. The van der Waals surface area contributed by atoms with Crippen molar-refractivity contribution < 1.29 is 17.9 Å². The van der Waals surface area contributed by atoms with Gasteiger partial charge in [-0.1, -0.05) is 39.7 Å². The number of amides is 1. The van der Waals surface area contributed by atoms with E-state index in [1.165, 1.54) is 19.2 Å². The monoisotopic (exact) mass is 502 g/mol. The number of ether oxygens (including phenoxy) is 1. The van der Waals surface area contributed by atoms with E-state index >= 15 is 0 Å². The summed E-state index contributed by atoms with van der Waals surface area (Å²) in [7, 11) is -2.46. The predicted octanol–water partition coefficient (Wildman–Crippen LogP) is 4.91. The number of rotatable bonds is 7. The Hall–Kier alpha value is -2.84. The number of sulfonamides is 1. The van der Waals surface area contributed by atoms with E-state index in [1.807, 2.05) is 19.9 Å². The number of nitrogens with one attached hydrogen (secondary N) is 1. The van der Waals surface area contributed by atoms with Crippen molar-refractivity contribution in [3.63, 3.8) is 0 Å². The van der Waals surface area contributed by atoms with Crippen LogP contribution in [0.3, 0.4) is 0 Å². The number of aryl methyl sites for hydroxylation is 2. The molecule has 31 heavy (non-hydrogen) atoms. The second kappa shape index (κ2) is 9.53. The fourth-order valence-electron chi connectivity index (χ4n) is 3.00. The summed E-state index contributed by atoms with van der Waals surface area (Å²) in [6.07, 6.45) is 0. The van der Waals surface area contributed by atoms with Crippen molar-refractivity contribution in [3.05, 3.63) is 82.3 Å². The van der Waals surface area contributed by atoms with Crippen LogP contribution >= 0.6 is 15.9 Å². The van der Waals surface area contributed by atoms with Crippen molar-refractivity contribution in [2.24, 2.45) is 0 Å². The smallest absolute Gasteiger partial charge is 0.264 e. The van der Waals surface area contributed by atoms with Crippen LogP contribution in [0.2, 0.25) is 0 Å². The van der Waals surface area contributed by atoms with Crippen molar-refractivity contribution >= 4 is 43.2 Å². The fourth-order valence-corrected chi connectivity index (χ4v) is 4.68. The van der Waals surface area contributed by atoms with Gasteiger partial charge in [-0.25, -0.2) is 8.42 Å². The number of benzene rings is 3. The number of methoxy groups -OCH3 is 1. The molecule has 0 atom stereocenters. The molecule has 0 saturated heterocycles. The SMILES string of the molecule is COc1ccc(C)cc1NC(=O)CN(c1ccc(Br)cc1)S(=O)(=O)c1ccc(C)cc1. The molecule has 0 unspecified atom stereocenters. The topological polar surface area (TPSA) is 75.7 Å². The van der Waals surface area contributed by atoms with Gasteiger partial charge in [0.15, 0.2) is 0 Å². The molecule has 3 aromatic rings. The number of hydrogen-bond donors (Lipinski definition) is 1. The van der Waals surface area contributed by atoms with Gasteiger partial charge in [0.2, 0.25) is 5.91 Å². The summed E-state index contributed by atoms with van der Waals surface area (Å²) in [6, 6.07) is 18.7. The average molecular weight is 503 g/mol. The number of carbonyl (C=O) groups is 1. The van der Waals surface area contributed by atoms with Gasteiger partial charge in [-0.05, 0) is 67.9 Å². The first-order valence-corrected chi connectivity index (χ1v) is 11.7. The van der Waals surface area contributed by atoms with Gasteiger partial charge < -0.3 is 10.1 Å². The highest BCUT2D eigenvalue weighted by atomic mass is 79.9. The van der Waals surface area contributed by atoms with Crippen molar-refractivity contribution in [1.82, 2.24) is 0 Å². The largest absolute Gasteiger partial charge is 0.495 e. The lowest BCUT2D eigenvalue weighted by Gasteiger charge is -2.24. The van der Waals surface area contributed by atoms with E-state index in [9.17, 15) is 13.2 Å². The molecule has 0 fully saturated rings. The van der Waals surface area contributed by atoms with Crippen LogP contribution in [0.4, 0.5) is 11.4 Å². The predicted molar refractivity (Wildman–Crippen MR) is 126 cm³/mol. The Morgan fingerprint density at radius 3 is 2.19 bits per heavy atom. The summed E-state index contributed by atoms with van der Waals surface area (Å²) in [6.45, 7) is 3.38. The molecule has 1 amide bonds. The summed E-state index contributed by atoms with van der Waals surface area (Å²) in [5.41, 5.74) is 2.75. The molecule has 0 aliphatic carbocycles. The van der Waals surface area contributed by atoms with Gasteiger partial charge in [-0.2, -0.15) is 0 Å². The van der Waals surface area contributed by atoms with Crippen molar-refractivity contribution in [1.29, 1.82) is 0 Å². The molecular weight excluding hydrogens is 480 g/mol. The Kier molecular flexibility index (Phi) is 7.02. The van der Waals surface area contributed by atoms with Gasteiger partial charge >= 0.3 is 0 Å². The second-order valence-electron chi connectivity index (χ2n) is 7.05. The first-order valence-electron chi connectivity index (χ1n) is 9.50. The lowest BCUT2D eigenvalue weighted by Crippen LogP contribution is -2.38. The minimum atomic E-state index is -3.97. The number of hydrogen-bond acceptors (Lipinski definition) is 4. The lowest BCUT2D eigenvalue weighted by molar-refractivity contribution is -0.114. The van der Waals surface area contributed by atoms with E-state index in [-0.39, 0.29) is 4.90 Å². The van der Waals surface area contributed by atoms with E-state index < -0.39 is 22.5 Å². The average Bonchev–Trinajstić information content (AvgIpc) is 2.73. The van der Waals surface area contributed by atoms with E-state index in [2.05, 4.69) is 21.2 Å². The Morgan fingerprint density at radius 1 is 0.968 bits per heavy atom. The number of halogens is 1. The molecule has 0 aliphatic heterocycles. The van der Waals surface area contributed by atoms with Crippen LogP contribution in [-0.2, 0) is 14.8 Å². The quantitative estimate of drug-likeness (QED) is 0.497. The van der Waals surface area contributed by atoms with Crippen molar-refractivity contribution in [3.8, 4) is 5.75 Å². The standard InChI is InChI=1S/C23H23BrN2O4S/c1-16-4-11-20(12-5-16)31(28,29)26(19-9-7-18(24)8-10-19)15-23(27)25-21-14-17(2)6-13-22(21)30-3/h4-14H,15H2,1-3H3,(H,25,27). The molecule has 0 aliphatic rings. The van der Waals surface area contributed by atoms with Crippen LogP contribution in [0.1, 0.15) is 11.1 Å². The summed E-state index contributed by atoms with van der Waals surface area (Å²) in [5, 5.41) is 2.77. The molecule has 3 rings (SSSR count). The van der Waals surface area contributed by atoms with Gasteiger partial charge in [-0.3, -0.25) is 9.10 Å². The van der Waals surface area contributed by atoms with E-state index in [0.29, 0.717) is 17.1 Å². The third-order valence-electron chi connectivity index (χ3n) is 4.64. The fraction of sp³-hybridized carbons (Fsp3) is 0.174. The number of carbonyl (C=O) groups excluding carboxylic acids is 1. The Balaban J connectivity index is 1.95. The number of nitrogens with zero attached hydrogens (tertiary/aromatic N) is 1. The van der Waals surface area contributed by atoms with Crippen molar-refractivity contribution in [2.45, 2.75) is 18.7 Å². The molecule has 0 heterocycles. The summed E-state index contributed by atoms with van der Waals surface area (Å²) in [5.74, 6) is 0.0121. The maximum Gasteiger partial charge on any atom is 0.264 e. The minimum absolute atomic E-state index is 0.113. The van der Waals surface area contributed by atoms with Gasteiger partial charge in [0.25, 0.3) is 10.0 Å². The normalized spacial score (nSPS) is 11.1. The zero-order valence-electron chi connectivity index (χ0n) is 17.4. The summed E-state index contributed by atoms with van der Waals surface area (Å²) >= 11 is 3.35. The Labute approximate surface area is 191 Å². The third kappa shape index (κ3) is 5.45. The van der Waals surface area contributed by atoms with Crippen LogP contribution in [0.15, 0.2) is 76.1 Å². The van der Waals surface area contributed by atoms with Crippen LogP contribution in [0.5, 0.6) is 5.75 Å². The zero-order valence-corrected chi connectivity index (χ0v) is 19.8. The molecular formula is C23H23BrN2O4S. The van der Waals surface area contributed by atoms with Gasteiger partial charge in [-0.15, -0.1) is 0 Å². The second-order valence-corrected chi connectivity index (χ2v) is 9.83. The van der Waals surface area contributed by atoms with Gasteiger partial charge in [0.05, 0.1) is 23.4 Å². The highest BCUT2D eigenvalue weighted by Crippen LogP contribution is 2.28. The Morgan fingerprint density at radius 2 is 1.58 bits per heavy atom. The Bertz CT molecular complexity index is 1180. The maximum atomic E-state index is 13.4. The molecule has 0 spiro atoms. The lowest BCUT2D eigenvalue weighted by atomic mass is 10.2. The molecule has 162 valence electrons. The van der Waals surface area contributed by atoms with E-state index in [4.69, 9.17) is 4.74 Å². The molecule has 1 N–H and O–H groups in total. The summed E-state index contributed by atoms with van der Waals surface area (Å²) in [4.78, 5) is 13.0. The molecule has 3 aromatic carbocycles. The first-order chi connectivity index (χ1) is 14.7. The molecule has 0 radical (unpaired) electrons. The highest BCUT2D eigenvalue weighted by molar-refractivity contribution is 9.10. The van der Waals surface area contributed by atoms with Gasteiger partial charge in [0, 0.05) is 4.47 Å². The van der Waals surface area contributed by atoms with Crippen LogP contribution < -0.4 is 14.4 Å². The van der Waals surface area contributed by atoms with Crippen LogP contribution in [0.25, 0.3) is 0 Å². The van der Waals surface area contributed by atoms with Crippen molar-refractivity contribution in [2.75, 3.05) is 23.3 Å². The minimum Gasteiger partial charge on any atom is -0.495 e. The van der Waals surface area contributed by atoms with E-state index in [0.717, 1.165) is 19.9 Å². The maximum absolute atomic E-state index is 13.4. The molecule has 0 aromatic heterocycles. The van der Waals surface area contributed by atoms with E-state index in [1.54, 1.807) is 48.5 Å². The zero-order chi connectivity index (χ0) is 22.6. The number of anilines is 2. The molecule has 0 saturated carbocycles. The van der Waals surface area contributed by atoms with Crippen LogP contribution in [0, 0.1) is 13.8 Å². The molecule has 6 nitrogen and oxygen atoms in total. The first kappa shape index (κ1) is 22.8. The summed E-state index contributed by atoms with van der Waals surface area (Å²) < 4.78 is 34.0. The molecule has 0 bridgehead atoms.